The summed E-state index contributed by atoms with van der Waals surface area (Å²) in [5.74, 6) is -3.77. The Morgan fingerprint density at radius 3 is 2.29 bits per heavy atom. The molecule has 0 aliphatic carbocycles. The number of halogens is 1. The molecule has 0 aliphatic rings. The largest absolute Gasteiger partial charge is 0.550 e. The van der Waals surface area contributed by atoms with Crippen molar-refractivity contribution in [2.45, 2.75) is 32.3 Å². The van der Waals surface area contributed by atoms with Gasteiger partial charge in [0.05, 0.1) is 25.2 Å². The second-order valence-electron chi connectivity index (χ2n) is 5.46. The Labute approximate surface area is 135 Å². The first-order chi connectivity index (χ1) is 10.2. The summed E-state index contributed by atoms with van der Waals surface area (Å²) in [5.41, 5.74) is 0. The van der Waals surface area contributed by atoms with E-state index in [1.54, 1.807) is 6.92 Å². The number of likely N-dealkylation sites (N-methyl/N-ethyl adjacent to an activating group) is 1. The maximum Gasteiger partial charge on any atom is 0.306 e. The van der Waals surface area contributed by atoms with Gasteiger partial charge in [0.15, 0.2) is 6.10 Å². The predicted octanol–water partition coefficient (Wildman–Crippen LogP) is -0.333. The Bertz CT molecular complexity index is 455. The Balaban J connectivity index is 0. The topological polar surface area (TPSA) is 104 Å². The highest BCUT2D eigenvalue weighted by Gasteiger charge is 2.23. The second-order valence-corrected chi connectivity index (χ2v) is 5.46. The van der Waals surface area contributed by atoms with E-state index in [4.69, 9.17) is 14.0 Å². The van der Waals surface area contributed by atoms with Gasteiger partial charge in [0.25, 0.3) is 0 Å². The van der Waals surface area contributed by atoms with Gasteiger partial charge in [-0.25, -0.2) is 0 Å². The van der Waals surface area contributed by atoms with Gasteiger partial charge in [0.1, 0.15) is 6.54 Å². The van der Waals surface area contributed by atoms with Gasteiger partial charge in [-0.2, -0.15) is 0 Å². The average molecular weight is 330 g/mol. The molecule has 21 heavy (non-hydrogen) atoms. The van der Waals surface area contributed by atoms with E-state index >= 15 is 0 Å². The first-order valence-electron chi connectivity index (χ1n) is 7.69. The molecule has 0 fully saturated rings. The lowest BCUT2D eigenvalue weighted by atomic mass is 10.0. The fourth-order valence-electron chi connectivity index (χ4n) is 1.73. The van der Waals surface area contributed by atoms with Gasteiger partial charge in [0, 0.05) is 25.2 Å². The lowest BCUT2D eigenvalue weighted by Gasteiger charge is -2.29. The second kappa shape index (κ2) is 9.57. The molecule has 0 bridgehead atoms. The Hall–Kier alpha value is -1.34. The zero-order chi connectivity index (χ0) is 18.4. The number of carbonyl (C=O) groups is 3. The fraction of sp³-hybridized carbons (Fsp3) is 0.769. The minimum Gasteiger partial charge on any atom is -0.550 e. The quantitative estimate of drug-likeness (QED) is 0.353. The van der Waals surface area contributed by atoms with E-state index in [0.717, 1.165) is 0 Å². The first kappa shape index (κ1) is 16.0. The lowest BCUT2D eigenvalue weighted by molar-refractivity contribution is -0.873. The summed E-state index contributed by atoms with van der Waals surface area (Å²) in [4.78, 5) is 33.1. The van der Waals surface area contributed by atoms with Gasteiger partial charge < -0.3 is 24.2 Å². The molecule has 0 aromatic heterocycles. The van der Waals surface area contributed by atoms with Crippen molar-refractivity contribution in [3.05, 3.63) is 0 Å². The summed E-state index contributed by atoms with van der Waals surface area (Å²) in [5, 5.41) is 19.4. The number of ether oxygens (including phenoxy) is 1. The van der Waals surface area contributed by atoms with Crippen LogP contribution in [0.4, 0.5) is 0 Å². The lowest BCUT2D eigenvalue weighted by Crippen LogP contribution is -2.45. The normalized spacial score (nSPS) is 16.4. The summed E-state index contributed by atoms with van der Waals surface area (Å²) in [7, 11) is 2.74. The highest BCUT2D eigenvalue weighted by atomic mass is 35.5. The van der Waals surface area contributed by atoms with Crippen molar-refractivity contribution in [1.82, 2.24) is 0 Å². The number of hydrogen-bond acceptors (Lipinski definition) is 5. The minimum atomic E-state index is -2.41. The Morgan fingerprint density at radius 1 is 1.29 bits per heavy atom. The molecular weight excluding hydrogens is 303 g/mol. The number of rotatable bonds is 9. The maximum absolute atomic E-state index is 11.8. The third-order valence-corrected chi connectivity index (χ3v) is 2.39. The SMILES string of the molecule is Cl.[2H][13C]([2H])([2H])[N+](C)(C)C[C@@H](CC(=O)[O-])OC(=O)CC(C)CC(=O)O. The molecule has 0 aromatic rings. The van der Waals surface area contributed by atoms with Gasteiger partial charge in [-0.15, -0.1) is 12.4 Å². The molecule has 1 unspecified atom stereocenters. The molecule has 2 atom stereocenters. The average Bonchev–Trinajstić information content (AvgIpc) is 2.22. The fourth-order valence-corrected chi connectivity index (χ4v) is 1.73. The molecular formula is C13H24ClNO6. The first-order valence-corrected chi connectivity index (χ1v) is 6.19. The summed E-state index contributed by atoms with van der Waals surface area (Å²) in [6, 6.07) is 0. The van der Waals surface area contributed by atoms with Crippen LogP contribution in [-0.2, 0) is 19.1 Å². The highest BCUT2D eigenvalue weighted by Crippen LogP contribution is 2.12. The van der Waals surface area contributed by atoms with E-state index in [1.165, 1.54) is 14.1 Å². The smallest absolute Gasteiger partial charge is 0.306 e. The number of quaternary nitrogens is 1. The molecule has 0 amide bonds. The van der Waals surface area contributed by atoms with Crippen molar-refractivity contribution in [2.24, 2.45) is 5.92 Å². The molecule has 0 saturated heterocycles. The summed E-state index contributed by atoms with van der Waals surface area (Å²) < 4.78 is 26.7. The van der Waals surface area contributed by atoms with Crippen LogP contribution in [0.25, 0.3) is 0 Å². The minimum absolute atomic E-state index is 0. The Morgan fingerprint density at radius 2 is 1.86 bits per heavy atom. The monoisotopic (exact) mass is 329 g/mol. The number of carboxylic acids is 2. The summed E-state index contributed by atoms with van der Waals surface area (Å²) >= 11 is 0. The van der Waals surface area contributed by atoms with Gasteiger partial charge in [-0.1, -0.05) is 6.92 Å². The van der Waals surface area contributed by atoms with Gasteiger partial charge in [0.2, 0.25) is 0 Å². The van der Waals surface area contributed by atoms with Crippen LogP contribution in [0.5, 0.6) is 0 Å². The van der Waals surface area contributed by atoms with Crippen LogP contribution in [0.1, 0.15) is 30.3 Å². The Kier molecular flexibility index (Phi) is 7.31. The summed E-state index contributed by atoms with van der Waals surface area (Å²) in [6.07, 6.45) is -2.22. The number of nitrogens with zero attached hydrogens (tertiary/aromatic N) is 1. The molecule has 0 aliphatic heterocycles. The van der Waals surface area contributed by atoms with E-state index in [1.807, 2.05) is 0 Å². The number of hydrogen-bond donors (Lipinski definition) is 1. The standard InChI is InChI=1S/C13H23NO6.ClH/c1-9(5-11(15)16)6-13(19)20-10(7-12(17)18)8-14(2,3)4;/h9-10H,5-8H2,1-4H3,(H-,15,16,17,18);1H/t9?,10-;/m1./s1/i2+1D3;. The van der Waals surface area contributed by atoms with Crippen molar-refractivity contribution >= 4 is 30.3 Å². The molecule has 7 nitrogen and oxygen atoms in total. The maximum atomic E-state index is 11.8. The molecule has 0 saturated carbocycles. The van der Waals surface area contributed by atoms with E-state index < -0.39 is 47.8 Å². The summed E-state index contributed by atoms with van der Waals surface area (Å²) in [6.45, 7) is -1.09. The van der Waals surface area contributed by atoms with E-state index in [0.29, 0.717) is 0 Å². The number of carbonyl (C=O) groups excluding carboxylic acids is 2. The van der Waals surface area contributed by atoms with Crippen molar-refractivity contribution in [2.75, 3.05) is 27.6 Å². The van der Waals surface area contributed by atoms with Crippen LogP contribution < -0.4 is 5.11 Å². The van der Waals surface area contributed by atoms with E-state index in [9.17, 15) is 19.5 Å². The molecule has 0 rings (SSSR count). The van der Waals surface area contributed by atoms with Gasteiger partial charge in [-0.3, -0.25) is 9.59 Å². The van der Waals surface area contributed by atoms with Crippen LogP contribution in [0.3, 0.4) is 0 Å². The molecule has 124 valence electrons. The van der Waals surface area contributed by atoms with Crippen molar-refractivity contribution < 1.29 is 37.9 Å². The number of aliphatic carboxylic acids is 2. The van der Waals surface area contributed by atoms with E-state index in [2.05, 4.69) is 0 Å². The van der Waals surface area contributed by atoms with Crippen molar-refractivity contribution in [3.8, 4) is 0 Å². The van der Waals surface area contributed by atoms with Crippen LogP contribution in [0.2, 0.25) is 0 Å². The predicted molar refractivity (Wildman–Crippen MR) is 75.7 cm³/mol. The zero-order valence-corrected chi connectivity index (χ0v) is 13.1. The van der Waals surface area contributed by atoms with Crippen LogP contribution in [0.15, 0.2) is 0 Å². The third-order valence-electron chi connectivity index (χ3n) is 2.39. The molecule has 0 spiro atoms. The molecule has 0 aromatic carbocycles. The third kappa shape index (κ3) is 13.4. The van der Waals surface area contributed by atoms with Crippen LogP contribution in [0, 0.1) is 5.92 Å². The molecule has 0 radical (unpaired) electrons. The molecule has 8 heteroatoms. The highest BCUT2D eigenvalue weighted by molar-refractivity contribution is 5.85. The van der Waals surface area contributed by atoms with E-state index in [-0.39, 0.29) is 31.8 Å². The molecule has 1 N–H and O–H groups in total. The van der Waals surface area contributed by atoms with Gasteiger partial charge >= 0.3 is 11.9 Å². The van der Waals surface area contributed by atoms with Crippen molar-refractivity contribution in [3.63, 3.8) is 0 Å². The molecule has 0 heterocycles. The van der Waals surface area contributed by atoms with Crippen molar-refractivity contribution in [1.29, 1.82) is 0 Å². The zero-order valence-electron chi connectivity index (χ0n) is 15.3. The van der Waals surface area contributed by atoms with Crippen LogP contribution in [-0.4, -0.2) is 61.2 Å². The van der Waals surface area contributed by atoms with Gasteiger partial charge in [-0.05, 0) is 5.92 Å². The number of carboxylic acid groups (broad SMARTS) is 2. The number of esters is 1. The van der Waals surface area contributed by atoms with Crippen LogP contribution >= 0.6 is 12.4 Å².